The molecular formula is C18H25N3O4. The summed E-state index contributed by atoms with van der Waals surface area (Å²) in [5, 5.41) is 14.6. The molecule has 3 amide bonds. The summed E-state index contributed by atoms with van der Waals surface area (Å²) in [7, 11) is 0. The Hall–Kier alpha value is -2.57. The highest BCUT2D eigenvalue weighted by molar-refractivity contribution is 5.95. The van der Waals surface area contributed by atoms with E-state index in [4.69, 9.17) is 5.11 Å². The zero-order valence-corrected chi connectivity index (χ0v) is 14.6. The number of likely N-dealkylation sites (tertiary alicyclic amines) is 1. The summed E-state index contributed by atoms with van der Waals surface area (Å²) in [4.78, 5) is 36.7. The highest BCUT2D eigenvalue weighted by Gasteiger charge is 2.26. The summed E-state index contributed by atoms with van der Waals surface area (Å²) in [5.74, 6) is -0.922. The number of nitrogens with zero attached hydrogens (tertiary/aromatic N) is 1. The first-order valence-corrected chi connectivity index (χ1v) is 8.54. The fourth-order valence-corrected chi connectivity index (χ4v) is 2.64. The van der Waals surface area contributed by atoms with Gasteiger partial charge in [-0.25, -0.2) is 4.79 Å². The van der Waals surface area contributed by atoms with Gasteiger partial charge in [0.2, 0.25) is 0 Å². The third kappa shape index (κ3) is 5.48. The summed E-state index contributed by atoms with van der Waals surface area (Å²) in [6, 6.07) is 6.46. The summed E-state index contributed by atoms with van der Waals surface area (Å²) >= 11 is 0. The van der Waals surface area contributed by atoms with Crippen molar-refractivity contribution in [3.63, 3.8) is 0 Å². The largest absolute Gasteiger partial charge is 0.481 e. The van der Waals surface area contributed by atoms with E-state index < -0.39 is 5.97 Å². The molecule has 1 aliphatic heterocycles. The SMILES string of the molecule is CC(C)CNC(=O)c1ccc(NC(=O)N2CCC(C(=O)O)CC2)cc1. The smallest absolute Gasteiger partial charge is 0.321 e. The molecule has 0 atom stereocenters. The van der Waals surface area contributed by atoms with Crippen LogP contribution in [-0.4, -0.2) is 47.5 Å². The molecule has 0 spiro atoms. The average Bonchev–Trinajstić information content (AvgIpc) is 2.60. The highest BCUT2D eigenvalue weighted by atomic mass is 16.4. The van der Waals surface area contributed by atoms with Crippen LogP contribution >= 0.6 is 0 Å². The number of benzene rings is 1. The van der Waals surface area contributed by atoms with Crippen LogP contribution in [0.4, 0.5) is 10.5 Å². The van der Waals surface area contributed by atoms with E-state index in [0.29, 0.717) is 49.6 Å². The van der Waals surface area contributed by atoms with Gasteiger partial charge in [-0.1, -0.05) is 13.8 Å². The van der Waals surface area contributed by atoms with E-state index in [1.807, 2.05) is 13.8 Å². The molecule has 1 saturated heterocycles. The predicted octanol–water partition coefficient (Wildman–Crippen LogP) is 2.40. The number of hydrogen-bond acceptors (Lipinski definition) is 3. The topological polar surface area (TPSA) is 98.7 Å². The molecule has 7 heteroatoms. The minimum Gasteiger partial charge on any atom is -0.481 e. The standard InChI is InChI=1S/C18H25N3O4/c1-12(2)11-19-16(22)13-3-5-15(6-4-13)20-18(25)21-9-7-14(8-10-21)17(23)24/h3-6,12,14H,7-11H2,1-2H3,(H,19,22)(H,20,25)(H,23,24). The van der Waals surface area contributed by atoms with Crippen LogP contribution in [-0.2, 0) is 4.79 Å². The Kier molecular flexibility index (Phi) is 6.38. The number of carboxylic acids is 1. The van der Waals surface area contributed by atoms with Gasteiger partial charge in [0, 0.05) is 30.9 Å². The van der Waals surface area contributed by atoms with E-state index in [1.54, 1.807) is 29.2 Å². The highest BCUT2D eigenvalue weighted by Crippen LogP contribution is 2.18. The Morgan fingerprint density at radius 3 is 2.28 bits per heavy atom. The molecule has 1 heterocycles. The van der Waals surface area contributed by atoms with Gasteiger partial charge in [-0.3, -0.25) is 9.59 Å². The van der Waals surface area contributed by atoms with Gasteiger partial charge < -0.3 is 20.6 Å². The molecule has 2 rings (SSSR count). The third-order valence-electron chi connectivity index (χ3n) is 4.20. The second-order valence-corrected chi connectivity index (χ2v) is 6.71. The fraction of sp³-hybridized carbons (Fsp3) is 0.500. The Balaban J connectivity index is 1.85. The zero-order chi connectivity index (χ0) is 18.4. The molecule has 1 aliphatic rings. The van der Waals surface area contributed by atoms with Crippen molar-refractivity contribution in [1.82, 2.24) is 10.2 Å². The minimum absolute atomic E-state index is 0.137. The second kappa shape index (κ2) is 8.50. The van der Waals surface area contributed by atoms with Crippen LogP contribution < -0.4 is 10.6 Å². The molecular weight excluding hydrogens is 322 g/mol. The van der Waals surface area contributed by atoms with Gasteiger partial charge in [0.1, 0.15) is 0 Å². The quantitative estimate of drug-likeness (QED) is 0.761. The van der Waals surface area contributed by atoms with Crippen LogP contribution in [0.1, 0.15) is 37.0 Å². The van der Waals surface area contributed by atoms with Crippen molar-refractivity contribution in [2.45, 2.75) is 26.7 Å². The molecule has 1 aromatic carbocycles. The zero-order valence-electron chi connectivity index (χ0n) is 14.6. The van der Waals surface area contributed by atoms with Crippen molar-refractivity contribution in [3.05, 3.63) is 29.8 Å². The fourth-order valence-electron chi connectivity index (χ4n) is 2.64. The van der Waals surface area contributed by atoms with Gasteiger partial charge in [0.15, 0.2) is 0 Å². The van der Waals surface area contributed by atoms with Gasteiger partial charge in [-0.05, 0) is 43.0 Å². The van der Waals surface area contributed by atoms with E-state index in [0.717, 1.165) is 0 Å². The van der Waals surface area contributed by atoms with E-state index in [9.17, 15) is 14.4 Å². The molecule has 0 bridgehead atoms. The Morgan fingerprint density at radius 1 is 1.16 bits per heavy atom. The number of piperidine rings is 1. The van der Waals surface area contributed by atoms with Gasteiger partial charge in [0.05, 0.1) is 5.92 Å². The molecule has 7 nitrogen and oxygen atoms in total. The molecule has 0 unspecified atom stereocenters. The molecule has 3 N–H and O–H groups in total. The van der Waals surface area contributed by atoms with E-state index in [-0.39, 0.29) is 17.9 Å². The number of rotatable bonds is 5. The van der Waals surface area contributed by atoms with Crippen molar-refractivity contribution >= 4 is 23.6 Å². The number of urea groups is 1. The Morgan fingerprint density at radius 2 is 1.76 bits per heavy atom. The van der Waals surface area contributed by atoms with Crippen LogP contribution in [0.3, 0.4) is 0 Å². The first kappa shape index (κ1) is 18.8. The van der Waals surface area contributed by atoms with E-state index in [1.165, 1.54) is 0 Å². The first-order chi connectivity index (χ1) is 11.9. The number of aliphatic carboxylic acids is 1. The number of nitrogens with one attached hydrogen (secondary N) is 2. The van der Waals surface area contributed by atoms with Gasteiger partial charge in [-0.2, -0.15) is 0 Å². The number of hydrogen-bond donors (Lipinski definition) is 3. The summed E-state index contributed by atoms with van der Waals surface area (Å²) in [5.41, 5.74) is 1.15. The number of carbonyl (C=O) groups excluding carboxylic acids is 2. The molecule has 1 fully saturated rings. The molecule has 0 aromatic heterocycles. The van der Waals surface area contributed by atoms with Crippen molar-refractivity contribution < 1.29 is 19.5 Å². The summed E-state index contributed by atoms with van der Waals surface area (Å²) in [6.45, 7) is 5.52. The lowest BCUT2D eigenvalue weighted by Gasteiger charge is -2.30. The Labute approximate surface area is 147 Å². The Bertz CT molecular complexity index is 620. The van der Waals surface area contributed by atoms with Gasteiger partial charge >= 0.3 is 12.0 Å². The maximum absolute atomic E-state index is 12.2. The van der Waals surface area contributed by atoms with Crippen molar-refractivity contribution in [1.29, 1.82) is 0 Å². The lowest BCUT2D eigenvalue weighted by molar-refractivity contribution is -0.143. The van der Waals surface area contributed by atoms with E-state index in [2.05, 4.69) is 10.6 Å². The summed E-state index contributed by atoms with van der Waals surface area (Å²) < 4.78 is 0. The molecule has 1 aromatic rings. The summed E-state index contributed by atoms with van der Waals surface area (Å²) in [6.07, 6.45) is 0.940. The van der Waals surface area contributed by atoms with Crippen LogP contribution in [0.15, 0.2) is 24.3 Å². The number of carbonyl (C=O) groups is 3. The monoisotopic (exact) mass is 347 g/mol. The first-order valence-electron chi connectivity index (χ1n) is 8.54. The predicted molar refractivity (Wildman–Crippen MR) is 94.6 cm³/mol. The third-order valence-corrected chi connectivity index (χ3v) is 4.20. The van der Waals surface area contributed by atoms with Gasteiger partial charge in [-0.15, -0.1) is 0 Å². The van der Waals surface area contributed by atoms with Crippen molar-refractivity contribution in [2.75, 3.05) is 25.0 Å². The number of carboxylic acid groups (broad SMARTS) is 1. The maximum atomic E-state index is 12.2. The van der Waals surface area contributed by atoms with Crippen LogP contribution in [0.5, 0.6) is 0 Å². The molecule has 0 saturated carbocycles. The van der Waals surface area contributed by atoms with Crippen molar-refractivity contribution in [3.8, 4) is 0 Å². The lowest BCUT2D eigenvalue weighted by Crippen LogP contribution is -2.42. The van der Waals surface area contributed by atoms with Crippen LogP contribution in [0.2, 0.25) is 0 Å². The van der Waals surface area contributed by atoms with Gasteiger partial charge in [0.25, 0.3) is 5.91 Å². The normalized spacial score (nSPS) is 15.1. The molecule has 0 radical (unpaired) electrons. The minimum atomic E-state index is -0.800. The van der Waals surface area contributed by atoms with E-state index >= 15 is 0 Å². The lowest BCUT2D eigenvalue weighted by atomic mass is 9.97. The molecule has 25 heavy (non-hydrogen) atoms. The van der Waals surface area contributed by atoms with Crippen molar-refractivity contribution in [2.24, 2.45) is 11.8 Å². The number of anilines is 1. The average molecular weight is 347 g/mol. The molecule has 0 aliphatic carbocycles. The van der Waals surface area contributed by atoms with Crippen LogP contribution in [0, 0.1) is 11.8 Å². The molecule has 136 valence electrons. The van der Waals surface area contributed by atoms with Crippen LogP contribution in [0.25, 0.3) is 0 Å². The maximum Gasteiger partial charge on any atom is 0.321 e. The second-order valence-electron chi connectivity index (χ2n) is 6.71. The number of amides is 3.